The maximum absolute atomic E-state index is 12.6. The summed E-state index contributed by atoms with van der Waals surface area (Å²) in [6.07, 6.45) is 0. The number of para-hydroxylation sites is 1. The molecule has 1 amide bonds. The molecule has 0 aliphatic carbocycles. The van der Waals surface area contributed by atoms with Crippen LogP contribution in [0.25, 0.3) is 10.9 Å². The lowest BCUT2D eigenvalue weighted by Gasteiger charge is -2.17. The molecule has 0 aliphatic heterocycles. The van der Waals surface area contributed by atoms with Gasteiger partial charge in [0.05, 0.1) is 16.8 Å². The number of carbonyl (C=O) groups is 1. The second-order valence-corrected chi connectivity index (χ2v) is 7.61. The third kappa shape index (κ3) is 4.77. The molecule has 0 saturated heterocycles. The first-order valence-electron chi connectivity index (χ1n) is 9.11. The number of benzene rings is 2. The lowest BCUT2D eigenvalue weighted by molar-refractivity contribution is -0.120. The minimum atomic E-state index is -0.299. The molecule has 0 spiro atoms. The largest absolute Gasteiger partial charge is 0.370 e. The first kappa shape index (κ1) is 19.2. The van der Waals surface area contributed by atoms with Crippen molar-refractivity contribution >= 4 is 34.4 Å². The first-order chi connectivity index (χ1) is 13.1. The van der Waals surface area contributed by atoms with E-state index in [9.17, 15) is 4.79 Å². The Balaban J connectivity index is 1.73. The molecule has 1 aromatic heterocycles. The van der Waals surface area contributed by atoms with Crippen LogP contribution >= 0.6 is 11.8 Å². The number of hydrogen-bond acceptors (Lipinski definition) is 5. The Labute approximate surface area is 164 Å². The number of thioether (sulfide) groups is 1. The molecule has 5 nitrogen and oxygen atoms in total. The van der Waals surface area contributed by atoms with E-state index in [2.05, 4.69) is 20.6 Å². The Morgan fingerprint density at radius 3 is 2.48 bits per heavy atom. The number of carbonyl (C=O) groups excluding carboxylic acids is 1. The van der Waals surface area contributed by atoms with Crippen LogP contribution in [0.15, 0.2) is 59.8 Å². The lowest BCUT2D eigenvalue weighted by atomic mass is 10.1. The number of anilines is 1. The number of amides is 1. The van der Waals surface area contributed by atoms with Crippen molar-refractivity contribution < 1.29 is 4.79 Å². The standard InChI is InChI=1S/C21H24N4OS/c1-4-22-19-17-12-8-9-13-18(17)24-21(25-19)27-15(3)20(26)23-14(2)16-10-6-5-7-11-16/h5-15H,4H2,1-3H3,(H,23,26)(H,22,24,25)/t14-,15+/m1/s1. The lowest BCUT2D eigenvalue weighted by Crippen LogP contribution is -2.33. The van der Waals surface area contributed by atoms with Crippen molar-refractivity contribution in [2.75, 3.05) is 11.9 Å². The monoisotopic (exact) mass is 380 g/mol. The summed E-state index contributed by atoms with van der Waals surface area (Å²) >= 11 is 1.37. The predicted octanol–water partition coefficient (Wildman–Crippen LogP) is 4.42. The fraction of sp³-hybridized carbons (Fsp3) is 0.286. The molecule has 3 aromatic rings. The van der Waals surface area contributed by atoms with Gasteiger partial charge in [-0.25, -0.2) is 9.97 Å². The molecule has 140 valence electrons. The molecule has 0 bridgehead atoms. The van der Waals surface area contributed by atoms with E-state index < -0.39 is 0 Å². The van der Waals surface area contributed by atoms with Gasteiger partial charge in [0, 0.05) is 11.9 Å². The minimum absolute atomic E-state index is 0.0295. The van der Waals surface area contributed by atoms with Gasteiger partial charge in [-0.2, -0.15) is 0 Å². The summed E-state index contributed by atoms with van der Waals surface area (Å²) in [5, 5.41) is 7.63. The Bertz CT molecular complexity index is 916. The first-order valence-corrected chi connectivity index (χ1v) is 9.99. The molecule has 0 radical (unpaired) electrons. The number of nitrogens with one attached hydrogen (secondary N) is 2. The SMILES string of the molecule is CCNc1nc(S[C@@H](C)C(=O)N[C@H](C)c2ccccc2)nc2ccccc12. The van der Waals surface area contributed by atoms with Gasteiger partial charge in [-0.15, -0.1) is 0 Å². The van der Waals surface area contributed by atoms with Gasteiger partial charge < -0.3 is 10.6 Å². The summed E-state index contributed by atoms with van der Waals surface area (Å²) in [6.45, 7) is 6.67. The van der Waals surface area contributed by atoms with Gasteiger partial charge in [-0.05, 0) is 38.5 Å². The highest BCUT2D eigenvalue weighted by atomic mass is 32.2. The van der Waals surface area contributed by atoms with Gasteiger partial charge in [0.1, 0.15) is 5.82 Å². The maximum Gasteiger partial charge on any atom is 0.233 e. The highest BCUT2D eigenvalue weighted by molar-refractivity contribution is 8.00. The van der Waals surface area contributed by atoms with Crippen LogP contribution < -0.4 is 10.6 Å². The number of nitrogens with zero attached hydrogens (tertiary/aromatic N) is 2. The second kappa shape index (κ2) is 8.86. The smallest absolute Gasteiger partial charge is 0.233 e. The quantitative estimate of drug-likeness (QED) is 0.469. The van der Waals surface area contributed by atoms with Crippen molar-refractivity contribution in [2.45, 2.75) is 37.2 Å². The zero-order valence-corrected chi connectivity index (χ0v) is 16.6. The van der Waals surface area contributed by atoms with E-state index in [4.69, 9.17) is 0 Å². The summed E-state index contributed by atoms with van der Waals surface area (Å²) in [5.41, 5.74) is 1.95. The number of hydrogen-bond donors (Lipinski definition) is 2. The molecule has 2 aromatic carbocycles. The van der Waals surface area contributed by atoms with Crippen LogP contribution in [0.5, 0.6) is 0 Å². The van der Waals surface area contributed by atoms with Crippen LogP contribution in [0.3, 0.4) is 0 Å². The van der Waals surface area contributed by atoms with Crippen LogP contribution in [-0.2, 0) is 4.79 Å². The summed E-state index contributed by atoms with van der Waals surface area (Å²) in [7, 11) is 0. The van der Waals surface area contributed by atoms with Gasteiger partial charge in [0.15, 0.2) is 5.16 Å². The molecule has 6 heteroatoms. The normalized spacial score (nSPS) is 13.1. The Hall–Kier alpha value is -2.60. The van der Waals surface area contributed by atoms with Gasteiger partial charge in [-0.1, -0.05) is 54.2 Å². The maximum atomic E-state index is 12.6. The van der Waals surface area contributed by atoms with Crippen LogP contribution in [0.4, 0.5) is 5.82 Å². The number of rotatable bonds is 7. The molecule has 0 aliphatic rings. The van der Waals surface area contributed by atoms with E-state index in [1.807, 2.05) is 75.4 Å². The molecule has 0 unspecified atom stereocenters. The van der Waals surface area contributed by atoms with Gasteiger partial charge >= 0.3 is 0 Å². The highest BCUT2D eigenvalue weighted by Gasteiger charge is 2.19. The fourth-order valence-electron chi connectivity index (χ4n) is 2.78. The molecule has 2 atom stereocenters. The molecular formula is C21H24N4OS. The summed E-state index contributed by atoms with van der Waals surface area (Å²) in [4.78, 5) is 21.8. The van der Waals surface area contributed by atoms with Gasteiger partial charge in [0.25, 0.3) is 0 Å². The highest BCUT2D eigenvalue weighted by Crippen LogP contribution is 2.27. The van der Waals surface area contributed by atoms with E-state index >= 15 is 0 Å². The van der Waals surface area contributed by atoms with Crippen molar-refractivity contribution in [2.24, 2.45) is 0 Å². The second-order valence-electron chi connectivity index (χ2n) is 6.30. The summed E-state index contributed by atoms with van der Waals surface area (Å²) < 4.78 is 0. The molecule has 2 N–H and O–H groups in total. The molecule has 0 saturated carbocycles. The molecule has 1 heterocycles. The van der Waals surface area contributed by atoms with Crippen molar-refractivity contribution in [3.63, 3.8) is 0 Å². The van der Waals surface area contributed by atoms with E-state index in [-0.39, 0.29) is 17.2 Å². The van der Waals surface area contributed by atoms with E-state index in [1.165, 1.54) is 11.8 Å². The third-order valence-corrected chi connectivity index (χ3v) is 5.20. The molecule has 27 heavy (non-hydrogen) atoms. The summed E-state index contributed by atoms with van der Waals surface area (Å²) in [5.74, 6) is 0.772. The Morgan fingerprint density at radius 2 is 1.74 bits per heavy atom. The number of fused-ring (bicyclic) bond motifs is 1. The molecular weight excluding hydrogens is 356 g/mol. The topological polar surface area (TPSA) is 66.9 Å². The third-order valence-electron chi connectivity index (χ3n) is 4.24. The van der Waals surface area contributed by atoms with Crippen LogP contribution in [-0.4, -0.2) is 27.7 Å². The average molecular weight is 381 g/mol. The van der Waals surface area contributed by atoms with Crippen molar-refractivity contribution in [1.29, 1.82) is 0 Å². The minimum Gasteiger partial charge on any atom is -0.370 e. The van der Waals surface area contributed by atoms with Gasteiger partial charge in [-0.3, -0.25) is 4.79 Å². The molecule has 3 rings (SSSR count). The Kier molecular flexibility index (Phi) is 6.29. The average Bonchev–Trinajstić information content (AvgIpc) is 2.68. The predicted molar refractivity (Wildman–Crippen MR) is 112 cm³/mol. The van der Waals surface area contributed by atoms with Crippen LogP contribution in [0, 0.1) is 0 Å². The number of aromatic nitrogens is 2. The van der Waals surface area contributed by atoms with Gasteiger partial charge in [0.2, 0.25) is 5.91 Å². The van der Waals surface area contributed by atoms with E-state index in [1.54, 1.807) is 0 Å². The van der Waals surface area contributed by atoms with E-state index in [0.29, 0.717) is 5.16 Å². The molecule has 0 fully saturated rings. The summed E-state index contributed by atoms with van der Waals surface area (Å²) in [6, 6.07) is 17.8. The van der Waals surface area contributed by atoms with E-state index in [0.717, 1.165) is 28.8 Å². The van der Waals surface area contributed by atoms with Crippen LogP contribution in [0.2, 0.25) is 0 Å². The zero-order valence-electron chi connectivity index (χ0n) is 15.8. The zero-order chi connectivity index (χ0) is 19.2. The van der Waals surface area contributed by atoms with Crippen molar-refractivity contribution in [3.8, 4) is 0 Å². The van der Waals surface area contributed by atoms with Crippen molar-refractivity contribution in [1.82, 2.24) is 15.3 Å². The fourth-order valence-corrected chi connectivity index (χ4v) is 3.56. The van der Waals surface area contributed by atoms with Crippen LogP contribution in [0.1, 0.15) is 32.4 Å². The van der Waals surface area contributed by atoms with Crippen molar-refractivity contribution in [3.05, 3.63) is 60.2 Å². The Morgan fingerprint density at radius 1 is 1.04 bits per heavy atom.